The Morgan fingerprint density at radius 3 is 2.70 bits per heavy atom. The van der Waals surface area contributed by atoms with Crippen LogP contribution >= 0.6 is 0 Å². The highest BCUT2D eigenvalue weighted by Gasteiger charge is 2.25. The van der Waals surface area contributed by atoms with Crippen molar-refractivity contribution < 1.29 is 9.53 Å². The van der Waals surface area contributed by atoms with E-state index in [0.29, 0.717) is 22.9 Å². The summed E-state index contributed by atoms with van der Waals surface area (Å²) in [6, 6.07) is 5.42. The van der Waals surface area contributed by atoms with Crippen LogP contribution in [0.5, 0.6) is 5.75 Å². The number of nitrogens with one attached hydrogen (secondary N) is 1. The van der Waals surface area contributed by atoms with Crippen molar-refractivity contribution >= 4 is 11.6 Å². The van der Waals surface area contributed by atoms with Gasteiger partial charge in [0.1, 0.15) is 5.75 Å². The largest absolute Gasteiger partial charge is 0.495 e. The zero-order valence-electron chi connectivity index (χ0n) is 12.5. The van der Waals surface area contributed by atoms with Crippen molar-refractivity contribution in [2.45, 2.75) is 39.2 Å². The fraction of sp³-hybridized carbons (Fsp3) is 0.562. The number of anilines is 1. The molecule has 2 rings (SSSR count). The van der Waals surface area contributed by atoms with Crippen LogP contribution in [0.25, 0.3) is 0 Å². The van der Waals surface area contributed by atoms with E-state index in [1.165, 1.54) is 6.42 Å². The lowest BCUT2D eigenvalue weighted by atomic mass is 9.79. The topological polar surface area (TPSA) is 64.3 Å². The Labute approximate surface area is 120 Å². The normalized spacial score (nSPS) is 26.1. The third kappa shape index (κ3) is 3.24. The molecule has 0 heterocycles. The predicted molar refractivity (Wildman–Crippen MR) is 80.8 cm³/mol. The van der Waals surface area contributed by atoms with E-state index >= 15 is 0 Å². The Morgan fingerprint density at radius 1 is 1.30 bits per heavy atom. The van der Waals surface area contributed by atoms with Gasteiger partial charge in [-0.3, -0.25) is 4.79 Å². The lowest BCUT2D eigenvalue weighted by Gasteiger charge is -2.32. The van der Waals surface area contributed by atoms with E-state index in [2.05, 4.69) is 19.2 Å². The second kappa shape index (κ2) is 6.16. The summed E-state index contributed by atoms with van der Waals surface area (Å²) in [6.07, 6.45) is 3.29. The molecule has 3 atom stereocenters. The molecule has 1 saturated carbocycles. The lowest BCUT2D eigenvalue weighted by Crippen LogP contribution is -2.39. The van der Waals surface area contributed by atoms with Gasteiger partial charge in [0, 0.05) is 11.6 Å². The third-order valence-corrected chi connectivity index (χ3v) is 4.43. The molecule has 1 aliphatic carbocycles. The summed E-state index contributed by atoms with van der Waals surface area (Å²) in [7, 11) is 1.55. The summed E-state index contributed by atoms with van der Waals surface area (Å²) >= 11 is 0. The molecule has 1 aliphatic rings. The maximum Gasteiger partial charge on any atom is 0.251 e. The van der Waals surface area contributed by atoms with Gasteiger partial charge in [-0.2, -0.15) is 0 Å². The molecule has 4 nitrogen and oxygen atoms in total. The van der Waals surface area contributed by atoms with E-state index in [1.807, 2.05) is 0 Å². The first-order chi connectivity index (χ1) is 9.51. The first-order valence-corrected chi connectivity index (χ1v) is 7.25. The fourth-order valence-corrected chi connectivity index (χ4v) is 2.80. The highest BCUT2D eigenvalue weighted by Crippen LogP contribution is 2.29. The molecule has 4 heteroatoms. The standard InChI is InChI=1S/C16H24N2O2/c1-10-4-6-13(8-11(10)2)18-16(19)12-5-7-14(17)15(9-12)20-3/h5,7,9-11,13H,4,6,8,17H2,1-3H3,(H,18,19). The van der Waals surface area contributed by atoms with Gasteiger partial charge in [-0.05, 0) is 49.3 Å². The van der Waals surface area contributed by atoms with Crippen LogP contribution in [0.4, 0.5) is 5.69 Å². The number of hydrogen-bond acceptors (Lipinski definition) is 3. The maximum absolute atomic E-state index is 12.3. The zero-order valence-corrected chi connectivity index (χ0v) is 12.5. The van der Waals surface area contributed by atoms with Gasteiger partial charge in [0.2, 0.25) is 0 Å². The number of rotatable bonds is 3. The van der Waals surface area contributed by atoms with Gasteiger partial charge in [-0.25, -0.2) is 0 Å². The maximum atomic E-state index is 12.3. The highest BCUT2D eigenvalue weighted by molar-refractivity contribution is 5.95. The molecule has 3 unspecified atom stereocenters. The number of nitrogen functional groups attached to an aromatic ring is 1. The lowest BCUT2D eigenvalue weighted by molar-refractivity contribution is 0.0910. The number of hydrogen-bond donors (Lipinski definition) is 2. The monoisotopic (exact) mass is 276 g/mol. The van der Waals surface area contributed by atoms with Crippen molar-refractivity contribution in [2.75, 3.05) is 12.8 Å². The van der Waals surface area contributed by atoms with Crippen LogP contribution in [0.3, 0.4) is 0 Å². The van der Waals surface area contributed by atoms with Crippen LogP contribution in [0, 0.1) is 11.8 Å². The predicted octanol–water partition coefficient (Wildman–Crippen LogP) is 2.83. The minimum Gasteiger partial charge on any atom is -0.495 e. The first kappa shape index (κ1) is 14.7. The second-order valence-electron chi connectivity index (χ2n) is 5.89. The van der Waals surface area contributed by atoms with Crippen molar-refractivity contribution in [3.63, 3.8) is 0 Å². The minimum atomic E-state index is -0.0462. The molecule has 0 aliphatic heterocycles. The molecule has 1 fully saturated rings. The summed E-state index contributed by atoms with van der Waals surface area (Å²) in [6.45, 7) is 4.54. The van der Waals surface area contributed by atoms with Crippen LogP contribution in [0.1, 0.15) is 43.5 Å². The highest BCUT2D eigenvalue weighted by atomic mass is 16.5. The fourth-order valence-electron chi connectivity index (χ4n) is 2.80. The van der Waals surface area contributed by atoms with Gasteiger partial charge in [0.05, 0.1) is 12.8 Å². The number of ether oxygens (including phenoxy) is 1. The Morgan fingerprint density at radius 2 is 2.05 bits per heavy atom. The number of amides is 1. The van der Waals surface area contributed by atoms with E-state index < -0.39 is 0 Å². The van der Waals surface area contributed by atoms with Gasteiger partial charge in [0.15, 0.2) is 0 Å². The molecule has 1 amide bonds. The molecule has 0 radical (unpaired) electrons. The summed E-state index contributed by atoms with van der Waals surface area (Å²) in [4.78, 5) is 12.3. The summed E-state index contributed by atoms with van der Waals surface area (Å²) in [5.41, 5.74) is 6.91. The molecule has 110 valence electrons. The smallest absolute Gasteiger partial charge is 0.251 e. The summed E-state index contributed by atoms with van der Waals surface area (Å²) < 4.78 is 5.15. The van der Waals surface area contributed by atoms with Gasteiger partial charge in [0.25, 0.3) is 5.91 Å². The van der Waals surface area contributed by atoms with Crippen LogP contribution in [0.15, 0.2) is 18.2 Å². The van der Waals surface area contributed by atoms with Crippen LogP contribution < -0.4 is 15.8 Å². The number of carbonyl (C=O) groups excluding carboxylic acids is 1. The average molecular weight is 276 g/mol. The number of nitrogens with two attached hydrogens (primary N) is 1. The molecular weight excluding hydrogens is 252 g/mol. The van der Waals surface area contributed by atoms with Gasteiger partial charge < -0.3 is 15.8 Å². The van der Waals surface area contributed by atoms with E-state index in [4.69, 9.17) is 10.5 Å². The molecular formula is C16H24N2O2. The van der Waals surface area contributed by atoms with Crippen molar-refractivity contribution in [1.82, 2.24) is 5.32 Å². The summed E-state index contributed by atoms with van der Waals surface area (Å²) in [5.74, 6) is 1.91. The first-order valence-electron chi connectivity index (χ1n) is 7.25. The Bertz CT molecular complexity index is 487. The average Bonchev–Trinajstić information content (AvgIpc) is 2.43. The molecule has 0 saturated heterocycles. The van der Waals surface area contributed by atoms with Crippen molar-refractivity contribution in [2.24, 2.45) is 11.8 Å². The molecule has 0 bridgehead atoms. The zero-order chi connectivity index (χ0) is 14.7. The van der Waals surface area contributed by atoms with Crippen LogP contribution in [-0.4, -0.2) is 19.1 Å². The molecule has 1 aromatic carbocycles. The Kier molecular flexibility index (Phi) is 4.53. The molecule has 20 heavy (non-hydrogen) atoms. The SMILES string of the molecule is COc1cc(C(=O)NC2CCC(C)C(C)C2)ccc1N. The van der Waals surface area contributed by atoms with Crippen LogP contribution in [-0.2, 0) is 0 Å². The Balaban J connectivity index is 2.01. The quantitative estimate of drug-likeness (QED) is 0.834. The van der Waals surface area contributed by atoms with E-state index in [0.717, 1.165) is 18.8 Å². The number of methoxy groups -OCH3 is 1. The molecule has 0 aromatic heterocycles. The Hall–Kier alpha value is -1.71. The van der Waals surface area contributed by atoms with E-state index in [1.54, 1.807) is 25.3 Å². The van der Waals surface area contributed by atoms with Gasteiger partial charge >= 0.3 is 0 Å². The second-order valence-corrected chi connectivity index (χ2v) is 5.89. The minimum absolute atomic E-state index is 0.0462. The van der Waals surface area contributed by atoms with Gasteiger partial charge in [-0.15, -0.1) is 0 Å². The number of carbonyl (C=O) groups is 1. The molecule has 3 N–H and O–H groups in total. The van der Waals surface area contributed by atoms with Gasteiger partial charge in [-0.1, -0.05) is 13.8 Å². The third-order valence-electron chi connectivity index (χ3n) is 4.43. The van der Waals surface area contributed by atoms with Crippen molar-refractivity contribution in [3.05, 3.63) is 23.8 Å². The van der Waals surface area contributed by atoms with Crippen LogP contribution in [0.2, 0.25) is 0 Å². The van der Waals surface area contributed by atoms with Crippen molar-refractivity contribution in [1.29, 1.82) is 0 Å². The molecule has 0 spiro atoms. The number of benzene rings is 1. The molecule has 1 aromatic rings. The van der Waals surface area contributed by atoms with E-state index in [9.17, 15) is 4.79 Å². The van der Waals surface area contributed by atoms with E-state index in [-0.39, 0.29) is 11.9 Å². The summed E-state index contributed by atoms with van der Waals surface area (Å²) in [5, 5.41) is 3.12. The van der Waals surface area contributed by atoms with Crippen molar-refractivity contribution in [3.8, 4) is 5.75 Å².